The lowest BCUT2D eigenvalue weighted by atomic mass is 9.64. The van der Waals surface area contributed by atoms with E-state index in [0.717, 1.165) is 24.8 Å². The summed E-state index contributed by atoms with van der Waals surface area (Å²) in [6.45, 7) is 0.663. The van der Waals surface area contributed by atoms with E-state index in [1.807, 2.05) is 0 Å². The third-order valence-electron chi connectivity index (χ3n) is 4.51. The highest BCUT2D eigenvalue weighted by atomic mass is 19.1. The second-order valence-electron chi connectivity index (χ2n) is 6.00. The maximum atomic E-state index is 13.1. The van der Waals surface area contributed by atoms with Crippen molar-refractivity contribution >= 4 is 5.91 Å². The minimum atomic E-state index is -0.552. The summed E-state index contributed by atoms with van der Waals surface area (Å²) in [5, 5.41) is 2.89. The standard InChI is InChI=1S/C19H19F2NO2/c20-15-4-2-14(3-5-15)19(10-1-11-19)18(23)22-12-13-24-17-8-6-16(21)7-9-17/h2-9H,1,10-13H2,(H,22,23). The van der Waals surface area contributed by atoms with Gasteiger partial charge in [-0.2, -0.15) is 0 Å². The molecule has 3 nitrogen and oxygen atoms in total. The van der Waals surface area contributed by atoms with Gasteiger partial charge in [-0.05, 0) is 54.8 Å². The second kappa shape index (κ2) is 6.99. The average molecular weight is 331 g/mol. The minimum Gasteiger partial charge on any atom is -0.492 e. The lowest BCUT2D eigenvalue weighted by molar-refractivity contribution is -0.130. The van der Waals surface area contributed by atoms with Gasteiger partial charge in [0.15, 0.2) is 0 Å². The number of hydrogen-bond acceptors (Lipinski definition) is 2. The van der Waals surface area contributed by atoms with Gasteiger partial charge in [-0.1, -0.05) is 18.6 Å². The van der Waals surface area contributed by atoms with Crippen molar-refractivity contribution in [1.82, 2.24) is 5.32 Å². The SMILES string of the molecule is O=C(NCCOc1ccc(F)cc1)C1(c2ccc(F)cc2)CCC1. The van der Waals surface area contributed by atoms with Crippen molar-refractivity contribution < 1.29 is 18.3 Å². The smallest absolute Gasteiger partial charge is 0.230 e. The molecule has 0 aromatic heterocycles. The molecule has 2 aromatic rings. The quantitative estimate of drug-likeness (QED) is 0.822. The van der Waals surface area contributed by atoms with E-state index in [1.165, 1.54) is 24.3 Å². The van der Waals surface area contributed by atoms with Crippen molar-refractivity contribution in [2.24, 2.45) is 0 Å². The van der Waals surface area contributed by atoms with Gasteiger partial charge in [-0.15, -0.1) is 0 Å². The zero-order chi connectivity index (χ0) is 17.0. The summed E-state index contributed by atoms with van der Waals surface area (Å²) in [5.41, 5.74) is 0.302. The molecule has 1 aliphatic rings. The van der Waals surface area contributed by atoms with Crippen molar-refractivity contribution in [2.45, 2.75) is 24.7 Å². The molecule has 5 heteroatoms. The third kappa shape index (κ3) is 3.40. The van der Waals surface area contributed by atoms with E-state index >= 15 is 0 Å². The van der Waals surface area contributed by atoms with Crippen molar-refractivity contribution in [2.75, 3.05) is 13.2 Å². The molecule has 3 rings (SSSR count). The molecule has 0 radical (unpaired) electrons. The van der Waals surface area contributed by atoms with Crippen LogP contribution in [0.4, 0.5) is 8.78 Å². The lowest BCUT2D eigenvalue weighted by Crippen LogP contribution is -2.50. The van der Waals surface area contributed by atoms with Gasteiger partial charge in [0.25, 0.3) is 0 Å². The fourth-order valence-electron chi connectivity index (χ4n) is 2.98. The number of carbonyl (C=O) groups is 1. The van der Waals surface area contributed by atoms with E-state index in [2.05, 4.69) is 5.32 Å². The molecule has 1 saturated carbocycles. The molecule has 2 aromatic carbocycles. The van der Waals surface area contributed by atoms with E-state index in [4.69, 9.17) is 4.74 Å². The Morgan fingerprint density at radius 3 is 2.12 bits per heavy atom. The van der Waals surface area contributed by atoms with Crippen molar-refractivity contribution in [3.05, 3.63) is 65.7 Å². The Kier molecular flexibility index (Phi) is 4.79. The molecule has 0 bridgehead atoms. The monoisotopic (exact) mass is 331 g/mol. The first-order chi connectivity index (χ1) is 11.6. The highest BCUT2D eigenvalue weighted by Crippen LogP contribution is 2.43. The highest BCUT2D eigenvalue weighted by Gasteiger charge is 2.45. The van der Waals surface area contributed by atoms with Crippen LogP contribution in [0.2, 0.25) is 0 Å². The van der Waals surface area contributed by atoms with Crippen LogP contribution >= 0.6 is 0 Å². The van der Waals surface area contributed by atoms with Crippen LogP contribution in [0.1, 0.15) is 24.8 Å². The van der Waals surface area contributed by atoms with E-state index in [-0.39, 0.29) is 17.5 Å². The molecule has 0 unspecified atom stereocenters. The summed E-state index contributed by atoms with van der Waals surface area (Å²) in [4.78, 5) is 12.6. The number of rotatable bonds is 6. The minimum absolute atomic E-state index is 0.0527. The van der Waals surface area contributed by atoms with Gasteiger partial charge in [0.05, 0.1) is 12.0 Å². The number of carbonyl (C=O) groups excluding carboxylic acids is 1. The molecule has 24 heavy (non-hydrogen) atoms. The molecular formula is C19H19F2NO2. The predicted octanol–water partition coefficient (Wildman–Crippen LogP) is 3.58. The molecule has 126 valence electrons. The van der Waals surface area contributed by atoms with E-state index in [1.54, 1.807) is 24.3 Å². The Labute approximate surface area is 139 Å². The number of halogens is 2. The largest absolute Gasteiger partial charge is 0.492 e. The number of amides is 1. The molecule has 0 saturated heterocycles. The molecule has 1 N–H and O–H groups in total. The van der Waals surface area contributed by atoms with Crippen LogP contribution in [0, 0.1) is 11.6 Å². The zero-order valence-corrected chi connectivity index (χ0v) is 13.2. The molecule has 0 atom stereocenters. The van der Waals surface area contributed by atoms with Crippen molar-refractivity contribution in [3.63, 3.8) is 0 Å². The Hall–Kier alpha value is -2.43. The maximum absolute atomic E-state index is 13.1. The second-order valence-corrected chi connectivity index (χ2v) is 6.00. The number of benzene rings is 2. The summed E-state index contributed by atoms with van der Waals surface area (Å²) < 4.78 is 31.4. The van der Waals surface area contributed by atoms with E-state index < -0.39 is 5.41 Å². The van der Waals surface area contributed by atoms with Gasteiger partial charge in [0, 0.05) is 0 Å². The first-order valence-corrected chi connectivity index (χ1v) is 8.03. The molecular weight excluding hydrogens is 312 g/mol. The summed E-state index contributed by atoms with van der Waals surface area (Å²) in [5.74, 6) is -0.117. The van der Waals surface area contributed by atoms with Crippen LogP contribution < -0.4 is 10.1 Å². The highest BCUT2D eigenvalue weighted by molar-refractivity contribution is 5.89. The van der Waals surface area contributed by atoms with Crippen LogP contribution in [0.15, 0.2) is 48.5 Å². The molecule has 0 spiro atoms. The Balaban J connectivity index is 1.53. The van der Waals surface area contributed by atoms with Crippen molar-refractivity contribution in [3.8, 4) is 5.75 Å². The zero-order valence-electron chi connectivity index (χ0n) is 13.2. The topological polar surface area (TPSA) is 38.3 Å². The van der Waals surface area contributed by atoms with Crippen LogP contribution in [0.25, 0.3) is 0 Å². The average Bonchev–Trinajstić information content (AvgIpc) is 2.54. The summed E-state index contributed by atoms with van der Waals surface area (Å²) >= 11 is 0. The fourth-order valence-corrected chi connectivity index (χ4v) is 2.98. The van der Waals surface area contributed by atoms with E-state index in [9.17, 15) is 13.6 Å². The van der Waals surface area contributed by atoms with Crippen molar-refractivity contribution in [1.29, 1.82) is 0 Å². The molecule has 1 fully saturated rings. The number of hydrogen-bond donors (Lipinski definition) is 1. The van der Waals surface area contributed by atoms with Gasteiger partial charge in [-0.25, -0.2) is 8.78 Å². The molecule has 1 amide bonds. The first kappa shape index (κ1) is 16.4. The summed E-state index contributed by atoms with van der Waals surface area (Å²) in [7, 11) is 0. The summed E-state index contributed by atoms with van der Waals surface area (Å²) in [6, 6.07) is 11.9. The van der Waals surface area contributed by atoms with Gasteiger partial charge in [0.2, 0.25) is 5.91 Å². The number of nitrogens with one attached hydrogen (secondary N) is 1. The van der Waals surface area contributed by atoms with Crippen LogP contribution in [0.3, 0.4) is 0 Å². The Bertz CT molecular complexity index is 694. The Morgan fingerprint density at radius 1 is 1.00 bits per heavy atom. The summed E-state index contributed by atoms with van der Waals surface area (Å²) in [6.07, 6.45) is 2.52. The van der Waals surface area contributed by atoms with Crippen LogP contribution in [-0.4, -0.2) is 19.1 Å². The van der Waals surface area contributed by atoms with Crippen LogP contribution in [-0.2, 0) is 10.2 Å². The Morgan fingerprint density at radius 2 is 1.58 bits per heavy atom. The molecule has 0 heterocycles. The fraction of sp³-hybridized carbons (Fsp3) is 0.316. The van der Waals surface area contributed by atoms with Gasteiger partial charge < -0.3 is 10.1 Å². The maximum Gasteiger partial charge on any atom is 0.230 e. The van der Waals surface area contributed by atoms with Gasteiger partial charge in [0.1, 0.15) is 24.0 Å². The molecule has 1 aliphatic carbocycles. The lowest BCUT2D eigenvalue weighted by Gasteiger charge is -2.40. The van der Waals surface area contributed by atoms with Gasteiger partial charge >= 0.3 is 0 Å². The molecule has 0 aliphatic heterocycles. The third-order valence-corrected chi connectivity index (χ3v) is 4.51. The van der Waals surface area contributed by atoms with Gasteiger partial charge in [-0.3, -0.25) is 4.79 Å². The number of ether oxygens (including phenoxy) is 1. The van der Waals surface area contributed by atoms with Crippen LogP contribution in [0.5, 0.6) is 5.75 Å². The predicted molar refractivity (Wildman–Crippen MR) is 86.8 cm³/mol. The first-order valence-electron chi connectivity index (χ1n) is 8.03. The van der Waals surface area contributed by atoms with E-state index in [0.29, 0.717) is 18.9 Å². The normalized spacial score (nSPS) is 15.4.